The van der Waals surface area contributed by atoms with Gasteiger partial charge in [-0.25, -0.2) is 14.8 Å². The highest BCUT2D eigenvalue weighted by Gasteiger charge is 2.43. The second-order valence-electron chi connectivity index (χ2n) is 5.69. The third-order valence-electron chi connectivity index (χ3n) is 4.47. The lowest BCUT2D eigenvalue weighted by atomic mass is 10.00. The van der Waals surface area contributed by atoms with Gasteiger partial charge < -0.3 is 10.2 Å². The van der Waals surface area contributed by atoms with Crippen molar-refractivity contribution >= 4 is 23.3 Å². The predicted molar refractivity (Wildman–Crippen MR) is 83.8 cm³/mol. The van der Waals surface area contributed by atoms with Gasteiger partial charge in [0.25, 0.3) is 0 Å². The van der Waals surface area contributed by atoms with E-state index < -0.39 is 0 Å². The number of carbonyl (C=O) groups is 1. The lowest BCUT2D eigenvalue weighted by molar-refractivity contribution is 0.178. The highest BCUT2D eigenvalue weighted by atomic mass is 35.5. The van der Waals surface area contributed by atoms with E-state index in [-0.39, 0.29) is 18.1 Å². The van der Waals surface area contributed by atoms with Gasteiger partial charge in [-0.05, 0) is 25.0 Å². The van der Waals surface area contributed by atoms with E-state index in [4.69, 9.17) is 11.6 Å². The van der Waals surface area contributed by atoms with Gasteiger partial charge in [0.05, 0.1) is 22.4 Å². The summed E-state index contributed by atoms with van der Waals surface area (Å²) in [7, 11) is 0. The Bertz CT molecular complexity index is 736. The zero-order valence-electron chi connectivity index (χ0n) is 11.9. The Hall–Kier alpha value is -2.14. The summed E-state index contributed by atoms with van der Waals surface area (Å²) >= 11 is 6.12. The number of hydrogen-bond acceptors (Lipinski definition) is 3. The fourth-order valence-electron chi connectivity index (χ4n) is 3.48. The zero-order chi connectivity index (χ0) is 15.1. The molecule has 1 fully saturated rings. The molecular weight excluding hydrogens is 300 g/mol. The van der Waals surface area contributed by atoms with Crippen molar-refractivity contribution in [1.29, 1.82) is 0 Å². The van der Waals surface area contributed by atoms with Crippen molar-refractivity contribution in [2.45, 2.75) is 31.3 Å². The Morgan fingerprint density at radius 1 is 1.32 bits per heavy atom. The third kappa shape index (κ3) is 2.13. The molecule has 4 rings (SSSR count). The van der Waals surface area contributed by atoms with E-state index in [1.165, 1.54) is 0 Å². The Kier molecular flexibility index (Phi) is 3.22. The average Bonchev–Trinajstić information content (AvgIpc) is 2.85. The summed E-state index contributed by atoms with van der Waals surface area (Å²) < 4.78 is 0. The molecule has 0 aliphatic carbocycles. The number of rotatable bonds is 1. The van der Waals surface area contributed by atoms with E-state index >= 15 is 0 Å². The molecule has 2 unspecified atom stereocenters. The number of amides is 2. The molecule has 2 atom stereocenters. The maximum absolute atomic E-state index is 12.7. The molecule has 1 aromatic carbocycles. The topological polar surface area (TPSA) is 58.1 Å². The number of nitrogens with one attached hydrogen (secondary N) is 1. The van der Waals surface area contributed by atoms with Crippen molar-refractivity contribution in [2.75, 3.05) is 5.32 Å². The van der Waals surface area contributed by atoms with E-state index in [9.17, 15) is 4.79 Å². The maximum atomic E-state index is 12.7. The standard InChI is InChI=1S/C16H15ClN4O/c17-12-3-1-2-4-13(12)20-16(22)21-10-5-6-15(21)11-8-18-9-19-14(11)7-10/h1-4,8-10,15H,5-7H2,(H,20,22). The Morgan fingerprint density at radius 3 is 3.05 bits per heavy atom. The lowest BCUT2D eigenvalue weighted by Gasteiger charge is -2.35. The predicted octanol–water partition coefficient (Wildman–Crippen LogP) is 3.42. The number of urea groups is 1. The third-order valence-corrected chi connectivity index (χ3v) is 4.80. The highest BCUT2D eigenvalue weighted by molar-refractivity contribution is 6.33. The second-order valence-corrected chi connectivity index (χ2v) is 6.10. The minimum Gasteiger partial charge on any atom is -0.314 e. The molecule has 3 heterocycles. The quantitative estimate of drug-likeness (QED) is 0.877. The Labute approximate surface area is 133 Å². The summed E-state index contributed by atoms with van der Waals surface area (Å²) in [6.45, 7) is 0. The molecule has 2 bridgehead atoms. The van der Waals surface area contributed by atoms with Crippen LogP contribution in [0, 0.1) is 0 Å². The molecule has 1 saturated heterocycles. The van der Waals surface area contributed by atoms with Crippen molar-refractivity contribution < 1.29 is 4.79 Å². The van der Waals surface area contributed by atoms with Crippen LogP contribution in [0.1, 0.15) is 30.1 Å². The van der Waals surface area contributed by atoms with Crippen molar-refractivity contribution in [3.05, 3.63) is 53.1 Å². The summed E-state index contributed by atoms with van der Waals surface area (Å²) in [6.07, 6.45) is 6.17. The van der Waals surface area contributed by atoms with Gasteiger partial charge in [0.15, 0.2) is 0 Å². The molecular formula is C16H15ClN4O. The van der Waals surface area contributed by atoms with Gasteiger partial charge in [-0.2, -0.15) is 0 Å². The SMILES string of the molecule is O=C(Nc1ccccc1Cl)N1C2CCC1c1cncnc1C2. The second kappa shape index (κ2) is 5.25. The number of fused-ring (bicyclic) bond motifs is 4. The van der Waals surface area contributed by atoms with Crippen LogP contribution in [0.2, 0.25) is 5.02 Å². The van der Waals surface area contributed by atoms with Crippen molar-refractivity contribution in [3.8, 4) is 0 Å². The fraction of sp³-hybridized carbons (Fsp3) is 0.312. The number of benzene rings is 1. The molecule has 1 N–H and O–H groups in total. The number of carbonyl (C=O) groups excluding carboxylic acids is 1. The van der Waals surface area contributed by atoms with Gasteiger partial charge >= 0.3 is 6.03 Å². The molecule has 112 valence electrons. The highest BCUT2D eigenvalue weighted by Crippen LogP contribution is 2.43. The number of hydrogen-bond donors (Lipinski definition) is 1. The van der Waals surface area contributed by atoms with Gasteiger partial charge in [-0.15, -0.1) is 0 Å². The van der Waals surface area contributed by atoms with E-state index in [0.717, 1.165) is 30.5 Å². The number of aromatic nitrogens is 2. The van der Waals surface area contributed by atoms with Crippen LogP contribution in [-0.4, -0.2) is 26.9 Å². The molecule has 2 aliphatic heterocycles. The van der Waals surface area contributed by atoms with Gasteiger partial charge in [0.2, 0.25) is 0 Å². The van der Waals surface area contributed by atoms with Gasteiger partial charge in [0.1, 0.15) is 6.33 Å². The van der Waals surface area contributed by atoms with Crippen molar-refractivity contribution in [3.63, 3.8) is 0 Å². The molecule has 1 aromatic heterocycles. The van der Waals surface area contributed by atoms with Crippen LogP contribution in [0.5, 0.6) is 0 Å². The van der Waals surface area contributed by atoms with Crippen molar-refractivity contribution in [1.82, 2.24) is 14.9 Å². The number of halogens is 1. The van der Waals surface area contributed by atoms with Crippen molar-refractivity contribution in [2.24, 2.45) is 0 Å². The van der Waals surface area contributed by atoms with Gasteiger partial charge in [-0.1, -0.05) is 23.7 Å². The molecule has 2 aliphatic rings. The summed E-state index contributed by atoms with van der Waals surface area (Å²) in [5.74, 6) is 0. The Balaban J connectivity index is 1.61. The van der Waals surface area contributed by atoms with Crippen LogP contribution in [0.4, 0.5) is 10.5 Å². The average molecular weight is 315 g/mol. The first-order valence-electron chi connectivity index (χ1n) is 7.36. The summed E-state index contributed by atoms with van der Waals surface area (Å²) in [5, 5.41) is 3.47. The largest absolute Gasteiger partial charge is 0.322 e. The van der Waals surface area contributed by atoms with Crippen LogP contribution in [0.15, 0.2) is 36.8 Å². The smallest absolute Gasteiger partial charge is 0.314 e. The van der Waals surface area contributed by atoms with Crippen LogP contribution < -0.4 is 5.32 Å². The molecule has 0 radical (unpaired) electrons. The molecule has 5 nitrogen and oxygen atoms in total. The zero-order valence-corrected chi connectivity index (χ0v) is 12.6. The minimum atomic E-state index is -0.102. The lowest BCUT2D eigenvalue weighted by Crippen LogP contribution is -2.44. The number of anilines is 1. The van der Waals surface area contributed by atoms with Crippen LogP contribution in [0.3, 0.4) is 0 Å². The van der Waals surface area contributed by atoms with Crippen LogP contribution >= 0.6 is 11.6 Å². The first kappa shape index (κ1) is 13.5. The maximum Gasteiger partial charge on any atom is 0.322 e. The number of nitrogens with zero attached hydrogens (tertiary/aromatic N) is 3. The molecule has 2 aromatic rings. The van der Waals surface area contributed by atoms with Gasteiger partial charge in [0, 0.05) is 24.2 Å². The number of para-hydroxylation sites is 1. The van der Waals surface area contributed by atoms with Crippen LogP contribution in [0.25, 0.3) is 0 Å². The molecule has 6 heteroatoms. The molecule has 0 saturated carbocycles. The fourth-order valence-corrected chi connectivity index (χ4v) is 3.66. The summed E-state index contributed by atoms with van der Waals surface area (Å²) in [6, 6.07) is 7.45. The minimum absolute atomic E-state index is 0.0671. The first-order valence-corrected chi connectivity index (χ1v) is 7.74. The molecule has 22 heavy (non-hydrogen) atoms. The molecule has 0 spiro atoms. The van der Waals surface area contributed by atoms with E-state index in [1.54, 1.807) is 12.4 Å². The van der Waals surface area contributed by atoms with Gasteiger partial charge in [-0.3, -0.25) is 0 Å². The van der Waals surface area contributed by atoms with E-state index in [2.05, 4.69) is 15.3 Å². The van der Waals surface area contributed by atoms with Crippen LogP contribution in [-0.2, 0) is 6.42 Å². The normalized spacial score (nSPS) is 22.3. The van der Waals surface area contributed by atoms with E-state index in [0.29, 0.717) is 10.7 Å². The van der Waals surface area contributed by atoms with E-state index in [1.807, 2.05) is 29.3 Å². The molecule has 2 amide bonds. The summed E-state index contributed by atoms with van der Waals surface area (Å²) in [5.41, 5.74) is 2.79. The monoisotopic (exact) mass is 314 g/mol. The Morgan fingerprint density at radius 2 is 2.18 bits per heavy atom. The summed E-state index contributed by atoms with van der Waals surface area (Å²) in [4.78, 5) is 23.1. The first-order chi connectivity index (χ1) is 10.7.